The van der Waals surface area contributed by atoms with Crippen molar-refractivity contribution < 1.29 is 14.3 Å². The Labute approximate surface area is 139 Å². The van der Waals surface area contributed by atoms with Gasteiger partial charge in [-0.25, -0.2) is 0 Å². The minimum absolute atomic E-state index is 0.226. The number of fused-ring (bicyclic) bond motifs is 1. The quantitative estimate of drug-likeness (QED) is 0.655. The maximum atomic E-state index is 11.8. The van der Waals surface area contributed by atoms with Gasteiger partial charge in [0.15, 0.2) is 5.75 Å². The number of hydrogen-bond acceptors (Lipinski definition) is 5. The van der Waals surface area contributed by atoms with Crippen LogP contribution in [0.1, 0.15) is 5.56 Å². The van der Waals surface area contributed by atoms with Crippen LogP contribution in [0.4, 0.5) is 5.69 Å². The van der Waals surface area contributed by atoms with E-state index in [4.69, 9.17) is 9.47 Å². The molecule has 0 atom stereocenters. The second-order valence-electron chi connectivity index (χ2n) is 5.06. The van der Waals surface area contributed by atoms with Gasteiger partial charge in [0.2, 0.25) is 0 Å². The fourth-order valence-electron chi connectivity index (χ4n) is 2.17. The zero-order valence-electron chi connectivity index (χ0n) is 13.2. The minimum Gasteiger partial charge on any atom is -0.497 e. The first-order valence-electron chi connectivity index (χ1n) is 7.43. The number of benzene rings is 2. The molecule has 1 aliphatic heterocycles. The third-order valence-corrected chi connectivity index (χ3v) is 3.35. The summed E-state index contributed by atoms with van der Waals surface area (Å²) < 4.78 is 10.8. The second-order valence-corrected chi connectivity index (χ2v) is 5.06. The molecule has 2 N–H and O–H groups in total. The molecule has 0 saturated heterocycles. The SMILES string of the molecule is COc1ccc(/C=N/NCC2=CC(=O)Nc3ccccc3O2)cc1. The Morgan fingerprint density at radius 2 is 2.00 bits per heavy atom. The van der Waals surface area contributed by atoms with Crippen molar-refractivity contribution in [3.8, 4) is 11.5 Å². The van der Waals surface area contributed by atoms with Crippen LogP contribution in [0.2, 0.25) is 0 Å². The van der Waals surface area contributed by atoms with E-state index in [1.54, 1.807) is 25.5 Å². The molecule has 0 bridgehead atoms. The maximum absolute atomic E-state index is 11.8. The number of nitrogens with one attached hydrogen (secondary N) is 2. The third kappa shape index (κ3) is 3.92. The van der Waals surface area contributed by atoms with Crippen LogP contribution < -0.4 is 20.2 Å². The average molecular weight is 323 g/mol. The van der Waals surface area contributed by atoms with Crippen molar-refractivity contribution in [3.05, 3.63) is 65.9 Å². The Kier molecular flexibility index (Phi) is 4.76. The van der Waals surface area contributed by atoms with Gasteiger partial charge >= 0.3 is 0 Å². The Bertz CT molecular complexity index is 782. The van der Waals surface area contributed by atoms with Crippen LogP contribution in [0.15, 0.2) is 65.5 Å². The molecule has 0 saturated carbocycles. The molecule has 1 aliphatic rings. The summed E-state index contributed by atoms with van der Waals surface area (Å²) in [6.07, 6.45) is 3.10. The molecule has 6 nitrogen and oxygen atoms in total. The van der Waals surface area contributed by atoms with Gasteiger partial charge in [0.1, 0.15) is 11.5 Å². The average Bonchev–Trinajstić information content (AvgIpc) is 2.76. The molecule has 0 radical (unpaired) electrons. The number of carbonyl (C=O) groups is 1. The van der Waals surface area contributed by atoms with Crippen molar-refractivity contribution >= 4 is 17.8 Å². The summed E-state index contributed by atoms with van der Waals surface area (Å²) in [5.41, 5.74) is 4.46. The number of methoxy groups -OCH3 is 1. The molecule has 3 rings (SSSR count). The van der Waals surface area contributed by atoms with E-state index in [-0.39, 0.29) is 5.91 Å². The summed E-state index contributed by atoms with van der Waals surface area (Å²) in [7, 11) is 1.62. The van der Waals surface area contributed by atoms with E-state index in [2.05, 4.69) is 15.8 Å². The molecule has 6 heteroatoms. The van der Waals surface area contributed by atoms with Gasteiger partial charge in [-0.15, -0.1) is 0 Å². The molecule has 2 aromatic rings. The van der Waals surface area contributed by atoms with Crippen LogP contribution in [-0.2, 0) is 4.79 Å². The zero-order chi connectivity index (χ0) is 16.8. The topological polar surface area (TPSA) is 72.0 Å². The first-order valence-corrected chi connectivity index (χ1v) is 7.43. The van der Waals surface area contributed by atoms with Gasteiger partial charge in [-0.3, -0.25) is 4.79 Å². The van der Waals surface area contributed by atoms with Gasteiger partial charge in [-0.2, -0.15) is 5.10 Å². The lowest BCUT2D eigenvalue weighted by atomic mass is 10.2. The van der Waals surface area contributed by atoms with E-state index in [0.717, 1.165) is 11.3 Å². The maximum Gasteiger partial charge on any atom is 0.251 e. The molecule has 0 aromatic heterocycles. The molecular weight excluding hydrogens is 306 g/mol. The van der Waals surface area contributed by atoms with Crippen molar-refractivity contribution in [1.29, 1.82) is 0 Å². The highest BCUT2D eigenvalue weighted by Crippen LogP contribution is 2.27. The number of hydrogen-bond donors (Lipinski definition) is 2. The van der Waals surface area contributed by atoms with Crippen LogP contribution in [0, 0.1) is 0 Å². The van der Waals surface area contributed by atoms with E-state index in [1.807, 2.05) is 36.4 Å². The first kappa shape index (κ1) is 15.6. The number of hydrazone groups is 1. The number of para-hydroxylation sites is 2. The van der Waals surface area contributed by atoms with Gasteiger partial charge < -0.3 is 20.2 Å². The Morgan fingerprint density at radius 3 is 2.79 bits per heavy atom. The molecule has 2 aromatic carbocycles. The van der Waals surface area contributed by atoms with Gasteiger partial charge in [0.25, 0.3) is 5.91 Å². The number of anilines is 1. The fourth-order valence-corrected chi connectivity index (χ4v) is 2.17. The summed E-state index contributed by atoms with van der Waals surface area (Å²) >= 11 is 0. The van der Waals surface area contributed by atoms with E-state index < -0.39 is 0 Å². The Balaban J connectivity index is 1.59. The van der Waals surface area contributed by atoms with Gasteiger partial charge in [0, 0.05) is 6.08 Å². The van der Waals surface area contributed by atoms with Crippen LogP contribution >= 0.6 is 0 Å². The number of rotatable bonds is 5. The smallest absolute Gasteiger partial charge is 0.251 e. The normalized spacial score (nSPS) is 13.4. The Morgan fingerprint density at radius 1 is 1.21 bits per heavy atom. The molecule has 1 amide bonds. The predicted molar refractivity (Wildman–Crippen MR) is 92.4 cm³/mol. The minimum atomic E-state index is -0.226. The van der Waals surface area contributed by atoms with Gasteiger partial charge in [-0.1, -0.05) is 12.1 Å². The Hall–Kier alpha value is -3.28. The van der Waals surface area contributed by atoms with Crippen LogP contribution in [0.3, 0.4) is 0 Å². The van der Waals surface area contributed by atoms with Crippen molar-refractivity contribution in [3.63, 3.8) is 0 Å². The lowest BCUT2D eigenvalue weighted by molar-refractivity contribution is -0.112. The summed E-state index contributed by atoms with van der Waals surface area (Å²) in [6, 6.07) is 14.8. The lowest BCUT2D eigenvalue weighted by Crippen LogP contribution is -2.15. The lowest BCUT2D eigenvalue weighted by Gasteiger charge is -2.09. The summed E-state index contributed by atoms with van der Waals surface area (Å²) in [5, 5.41) is 6.90. The number of carbonyl (C=O) groups excluding carboxylic acids is 1. The van der Waals surface area contributed by atoms with Crippen LogP contribution in [0.25, 0.3) is 0 Å². The highest BCUT2D eigenvalue weighted by molar-refractivity contribution is 6.01. The molecular formula is C18H17N3O3. The molecule has 0 spiro atoms. The molecule has 122 valence electrons. The monoisotopic (exact) mass is 323 g/mol. The van der Waals surface area contributed by atoms with Crippen molar-refractivity contribution in [2.75, 3.05) is 19.0 Å². The number of ether oxygens (including phenoxy) is 2. The molecule has 0 aliphatic carbocycles. The van der Waals surface area contributed by atoms with Crippen LogP contribution in [-0.4, -0.2) is 25.8 Å². The highest BCUT2D eigenvalue weighted by Gasteiger charge is 2.14. The molecule has 24 heavy (non-hydrogen) atoms. The summed E-state index contributed by atoms with van der Waals surface area (Å²) in [5.74, 6) is 1.66. The number of nitrogens with zero attached hydrogens (tertiary/aromatic N) is 1. The van der Waals surface area contributed by atoms with Gasteiger partial charge in [-0.05, 0) is 42.0 Å². The standard InChI is InChI=1S/C18H17N3O3/c1-23-14-8-6-13(7-9-14)11-19-20-12-15-10-18(22)21-16-4-2-3-5-17(16)24-15/h2-11,20H,12H2,1H3,(H,21,22)/b19-11+. The zero-order valence-corrected chi connectivity index (χ0v) is 13.2. The fraction of sp³-hybridized carbons (Fsp3) is 0.111. The van der Waals surface area contributed by atoms with Crippen molar-refractivity contribution in [2.24, 2.45) is 5.10 Å². The highest BCUT2D eigenvalue weighted by atomic mass is 16.5. The molecule has 1 heterocycles. The van der Waals surface area contributed by atoms with Crippen molar-refractivity contribution in [1.82, 2.24) is 5.43 Å². The third-order valence-electron chi connectivity index (χ3n) is 3.35. The van der Waals surface area contributed by atoms with E-state index >= 15 is 0 Å². The van der Waals surface area contributed by atoms with Gasteiger partial charge in [0.05, 0.1) is 25.6 Å². The van der Waals surface area contributed by atoms with Crippen molar-refractivity contribution in [2.45, 2.75) is 0 Å². The summed E-state index contributed by atoms with van der Waals surface area (Å²) in [4.78, 5) is 11.8. The second kappa shape index (κ2) is 7.32. The number of amides is 1. The summed E-state index contributed by atoms with van der Waals surface area (Å²) in [6.45, 7) is 0.300. The molecule has 0 unspecified atom stereocenters. The van der Waals surface area contributed by atoms with Crippen LogP contribution in [0.5, 0.6) is 11.5 Å². The largest absolute Gasteiger partial charge is 0.497 e. The van der Waals surface area contributed by atoms with E-state index in [0.29, 0.717) is 23.7 Å². The predicted octanol–water partition coefficient (Wildman–Crippen LogP) is 2.53. The van der Waals surface area contributed by atoms with E-state index in [9.17, 15) is 4.79 Å². The first-order chi connectivity index (χ1) is 11.7. The van der Waals surface area contributed by atoms with E-state index in [1.165, 1.54) is 6.08 Å². The molecule has 0 fully saturated rings.